The van der Waals surface area contributed by atoms with Gasteiger partial charge in [0.2, 0.25) is 0 Å². The Balaban J connectivity index is 2.24. The predicted octanol–water partition coefficient (Wildman–Crippen LogP) is -1.20. The van der Waals surface area contributed by atoms with Crippen LogP contribution in [-0.4, -0.2) is 84.0 Å². The first-order valence-electron chi connectivity index (χ1n) is 8.12. The Morgan fingerprint density at radius 2 is 1.79 bits per heavy atom. The number of amides is 2. The Morgan fingerprint density at radius 1 is 1.21 bits per heavy atom. The zero-order valence-corrected chi connectivity index (χ0v) is 19.1. The second-order valence-corrected chi connectivity index (χ2v) is 11.3. The van der Waals surface area contributed by atoms with Gasteiger partial charge in [0, 0.05) is 6.20 Å². The van der Waals surface area contributed by atoms with Gasteiger partial charge in [-0.25, -0.2) is 27.3 Å². The van der Waals surface area contributed by atoms with Crippen LogP contribution >= 0.6 is 35.1 Å². The first-order chi connectivity index (χ1) is 14.8. The van der Waals surface area contributed by atoms with E-state index in [9.17, 15) is 42.4 Å². The molecule has 0 bridgehead atoms. The molecule has 0 aromatic rings. The molecule has 23 heteroatoms. The normalized spacial score (nSPS) is 34.6. The summed E-state index contributed by atoms with van der Waals surface area (Å²) < 4.78 is 77.3. The molecule has 9 N–H and O–H groups in total. The quantitative estimate of drug-likeness (QED) is 0.152. The first-order valence-corrected chi connectivity index (χ1v) is 13.0. The maximum Gasteiger partial charge on any atom is 0.490 e. The van der Waals surface area contributed by atoms with E-state index in [1.165, 1.54) is 0 Å². The van der Waals surface area contributed by atoms with Gasteiger partial charge in [-0.15, -0.1) is 0 Å². The number of nitrogens with two attached hydrogens (primary N) is 1. The SMILES string of the molecule is NC1NC(=O)N([C@@H]2O[C@@](COP(=O)(O)OP(=O)(O)OP(=O)(O)O)(C(F)F)[C@@H](O)[C@H]2O)C=C1Cl. The van der Waals surface area contributed by atoms with E-state index in [1.807, 2.05) is 0 Å². The van der Waals surface area contributed by atoms with Crippen LogP contribution in [0.25, 0.3) is 0 Å². The van der Waals surface area contributed by atoms with Crippen LogP contribution in [0.5, 0.6) is 0 Å². The molecular weight excluding hydrogens is 552 g/mol. The molecule has 0 aromatic heterocycles. The Kier molecular flexibility index (Phi) is 8.52. The van der Waals surface area contributed by atoms with E-state index < -0.39 is 72.7 Å². The molecule has 7 atom stereocenters. The summed E-state index contributed by atoms with van der Waals surface area (Å²) in [5, 5.41) is 22.2. The number of hydrogen-bond donors (Lipinski definition) is 8. The number of carbonyl (C=O) groups excluding carboxylic acids is 1. The van der Waals surface area contributed by atoms with Gasteiger partial charge in [0.25, 0.3) is 6.43 Å². The molecule has 2 aliphatic rings. The van der Waals surface area contributed by atoms with Crippen molar-refractivity contribution < 1.29 is 74.9 Å². The van der Waals surface area contributed by atoms with Crippen molar-refractivity contribution >= 4 is 41.1 Å². The molecule has 3 unspecified atom stereocenters. The molecule has 0 aliphatic carbocycles. The Bertz CT molecular complexity index is 951. The van der Waals surface area contributed by atoms with Crippen molar-refractivity contribution in [3.8, 4) is 0 Å². The molecule has 192 valence electrons. The summed E-state index contributed by atoms with van der Waals surface area (Å²) in [5.74, 6) is 0. The summed E-state index contributed by atoms with van der Waals surface area (Å²) >= 11 is 5.75. The van der Waals surface area contributed by atoms with Crippen molar-refractivity contribution in [3.05, 3.63) is 11.2 Å². The van der Waals surface area contributed by atoms with Crippen LogP contribution in [0.3, 0.4) is 0 Å². The number of hydrogen-bond acceptors (Lipinski definition) is 11. The van der Waals surface area contributed by atoms with E-state index in [1.54, 1.807) is 0 Å². The molecule has 1 fully saturated rings. The summed E-state index contributed by atoms with van der Waals surface area (Å²) in [5.41, 5.74) is 2.13. The molecule has 0 spiro atoms. The van der Waals surface area contributed by atoms with Crippen molar-refractivity contribution in [2.45, 2.75) is 36.6 Å². The van der Waals surface area contributed by atoms with Crippen molar-refractivity contribution in [2.24, 2.45) is 5.73 Å². The smallest absolute Gasteiger partial charge is 0.387 e. The molecule has 2 rings (SSSR count). The molecule has 0 radical (unpaired) electrons. The molecule has 2 aliphatic heterocycles. The zero-order chi connectivity index (χ0) is 25.6. The summed E-state index contributed by atoms with van der Waals surface area (Å²) in [6, 6.07) is -1.10. The predicted molar refractivity (Wildman–Crippen MR) is 97.7 cm³/mol. The zero-order valence-electron chi connectivity index (χ0n) is 15.6. The first kappa shape index (κ1) is 28.6. The van der Waals surface area contributed by atoms with Gasteiger partial charge in [0.15, 0.2) is 11.8 Å². The van der Waals surface area contributed by atoms with Gasteiger partial charge in [-0.1, -0.05) is 11.6 Å². The number of carbonyl (C=O) groups is 1. The highest BCUT2D eigenvalue weighted by atomic mass is 35.5. The van der Waals surface area contributed by atoms with Crippen molar-refractivity contribution in [1.29, 1.82) is 0 Å². The molecular formula is C10H17ClF2N3O14P3. The minimum Gasteiger partial charge on any atom is -0.387 e. The number of alkyl halides is 2. The maximum absolute atomic E-state index is 13.8. The van der Waals surface area contributed by atoms with Crippen LogP contribution in [0.4, 0.5) is 13.6 Å². The van der Waals surface area contributed by atoms with E-state index in [0.29, 0.717) is 4.90 Å². The Labute approximate surface area is 187 Å². The summed E-state index contributed by atoms with van der Waals surface area (Å²) in [7, 11) is -17.6. The number of halogens is 3. The lowest BCUT2D eigenvalue weighted by molar-refractivity contribution is -0.194. The standard InChI is InChI=1S/C10H17ClF2N3O14P3/c11-3-1-16(9(19)15-6(3)14)7-4(17)5(18)10(28-7,8(12)13)2-27-32(23,24)30-33(25,26)29-31(20,21)22/h1,4-8,17-18H,2,14H2,(H,15,19)(H,23,24)(H,25,26)(H2,20,21,22)/t4-,5+,6?,7-,10-/m1/s1. The van der Waals surface area contributed by atoms with Crippen LogP contribution in [0.2, 0.25) is 0 Å². The third kappa shape index (κ3) is 6.76. The Hall–Kier alpha value is -0.590. The number of phosphoric acid groups is 3. The number of nitrogens with zero attached hydrogens (tertiary/aromatic N) is 1. The van der Waals surface area contributed by atoms with Crippen molar-refractivity contribution in [1.82, 2.24) is 10.2 Å². The number of aliphatic hydroxyl groups excluding tert-OH is 2. The number of nitrogens with one attached hydrogen (secondary N) is 1. The average molecular weight is 570 g/mol. The summed E-state index contributed by atoms with van der Waals surface area (Å²) in [6.45, 7) is -1.81. The average Bonchev–Trinajstić information content (AvgIpc) is 2.86. The van der Waals surface area contributed by atoms with Gasteiger partial charge in [0.05, 0.1) is 11.6 Å². The maximum atomic E-state index is 13.8. The lowest BCUT2D eigenvalue weighted by atomic mass is 9.96. The highest BCUT2D eigenvalue weighted by Crippen LogP contribution is 2.66. The van der Waals surface area contributed by atoms with Crippen molar-refractivity contribution in [2.75, 3.05) is 6.61 Å². The van der Waals surface area contributed by atoms with Gasteiger partial charge in [-0.05, 0) is 0 Å². The van der Waals surface area contributed by atoms with Crippen LogP contribution in [0.15, 0.2) is 11.2 Å². The van der Waals surface area contributed by atoms with Crippen molar-refractivity contribution in [3.63, 3.8) is 0 Å². The molecule has 2 amide bonds. The van der Waals surface area contributed by atoms with E-state index in [-0.39, 0.29) is 5.03 Å². The highest BCUT2D eigenvalue weighted by molar-refractivity contribution is 7.66. The summed E-state index contributed by atoms with van der Waals surface area (Å²) in [6.07, 6.45) is -11.1. The molecule has 2 heterocycles. The van der Waals surface area contributed by atoms with Gasteiger partial charge < -0.3 is 45.6 Å². The minimum absolute atomic E-state index is 0.234. The number of urea groups is 1. The third-order valence-corrected chi connectivity index (χ3v) is 8.16. The van der Waals surface area contributed by atoms with E-state index >= 15 is 0 Å². The molecule has 33 heavy (non-hydrogen) atoms. The molecule has 0 aromatic carbocycles. The van der Waals surface area contributed by atoms with Crippen LogP contribution in [0.1, 0.15) is 0 Å². The van der Waals surface area contributed by atoms with Gasteiger partial charge in [-0.2, -0.15) is 8.62 Å². The summed E-state index contributed by atoms with van der Waals surface area (Å²) in [4.78, 5) is 48.0. The number of aliphatic hydroxyl groups is 2. The number of rotatable bonds is 9. The second kappa shape index (κ2) is 9.81. The fraction of sp³-hybridized carbons (Fsp3) is 0.700. The van der Waals surface area contributed by atoms with Crippen LogP contribution < -0.4 is 11.1 Å². The molecule has 17 nitrogen and oxygen atoms in total. The lowest BCUT2D eigenvalue weighted by Gasteiger charge is -2.34. The fourth-order valence-corrected chi connectivity index (χ4v) is 5.84. The minimum atomic E-state index is -5.96. The van der Waals surface area contributed by atoms with Crippen LogP contribution in [-0.2, 0) is 31.6 Å². The molecule has 0 saturated carbocycles. The fourth-order valence-electron chi connectivity index (χ4n) is 2.62. The topological polar surface area (TPSA) is 268 Å². The number of ether oxygens (including phenoxy) is 1. The van der Waals surface area contributed by atoms with E-state index in [4.69, 9.17) is 36.8 Å². The molecule has 1 saturated heterocycles. The third-order valence-electron chi connectivity index (χ3n) is 4.04. The van der Waals surface area contributed by atoms with Gasteiger partial charge >= 0.3 is 29.5 Å². The second-order valence-electron chi connectivity index (χ2n) is 6.41. The van der Waals surface area contributed by atoms with E-state index in [2.05, 4.69) is 18.5 Å². The van der Waals surface area contributed by atoms with Crippen LogP contribution in [0, 0.1) is 0 Å². The lowest BCUT2D eigenvalue weighted by Crippen LogP contribution is -2.56. The largest absolute Gasteiger partial charge is 0.490 e. The van der Waals surface area contributed by atoms with E-state index in [0.717, 1.165) is 6.20 Å². The van der Waals surface area contributed by atoms with Gasteiger partial charge in [0.1, 0.15) is 18.4 Å². The number of phosphoric ester groups is 1. The monoisotopic (exact) mass is 569 g/mol. The van der Waals surface area contributed by atoms with Gasteiger partial charge in [-0.3, -0.25) is 9.42 Å². The Morgan fingerprint density at radius 3 is 2.30 bits per heavy atom. The highest BCUT2D eigenvalue weighted by Gasteiger charge is 2.63.